The SMILES string of the molecule is COP(=O)(O)CCC1CC(OCC(=O)NCCC(C)C)C(C)O1. The van der Waals surface area contributed by atoms with Crippen LogP contribution >= 0.6 is 7.60 Å². The summed E-state index contributed by atoms with van der Waals surface area (Å²) in [5, 5.41) is 2.83. The molecule has 23 heavy (non-hydrogen) atoms. The fourth-order valence-corrected chi connectivity index (χ4v) is 3.22. The molecular formula is C15H30NO6P. The van der Waals surface area contributed by atoms with Gasteiger partial charge in [-0.3, -0.25) is 9.36 Å². The van der Waals surface area contributed by atoms with Gasteiger partial charge >= 0.3 is 7.60 Å². The lowest BCUT2D eigenvalue weighted by molar-refractivity contribution is -0.128. The Hall–Kier alpha value is -0.460. The third kappa shape index (κ3) is 8.27. The zero-order chi connectivity index (χ0) is 17.5. The molecule has 7 nitrogen and oxygen atoms in total. The first-order chi connectivity index (χ1) is 10.7. The van der Waals surface area contributed by atoms with E-state index in [-0.39, 0.29) is 37.0 Å². The summed E-state index contributed by atoms with van der Waals surface area (Å²) in [6.07, 6.45) is 1.60. The van der Waals surface area contributed by atoms with Crippen LogP contribution in [0.1, 0.15) is 40.0 Å². The summed E-state index contributed by atoms with van der Waals surface area (Å²) in [7, 11) is -2.28. The third-order valence-electron chi connectivity index (χ3n) is 3.92. The van der Waals surface area contributed by atoms with Crippen LogP contribution in [0.15, 0.2) is 0 Å². The Morgan fingerprint density at radius 1 is 1.48 bits per heavy atom. The van der Waals surface area contributed by atoms with E-state index in [9.17, 15) is 14.3 Å². The minimum atomic E-state index is -3.50. The number of nitrogens with one attached hydrogen (secondary N) is 1. The maximum atomic E-state index is 11.7. The second-order valence-electron chi connectivity index (χ2n) is 6.41. The second-order valence-corrected chi connectivity index (χ2v) is 8.50. The topological polar surface area (TPSA) is 94.1 Å². The molecule has 0 aromatic heterocycles. The van der Waals surface area contributed by atoms with Crippen molar-refractivity contribution in [2.75, 3.05) is 26.4 Å². The molecule has 136 valence electrons. The summed E-state index contributed by atoms with van der Waals surface area (Å²) in [6.45, 7) is 6.77. The van der Waals surface area contributed by atoms with Gasteiger partial charge in [0.25, 0.3) is 0 Å². The highest BCUT2D eigenvalue weighted by Gasteiger charge is 2.34. The standard InChI is InChI=1S/C15H30NO6P/c1-11(2)5-7-16-15(17)10-21-14-9-13(22-12(14)3)6-8-23(18,19)20-4/h11-14H,5-10H2,1-4H3,(H,16,17)(H,18,19). The number of amides is 1. The van der Waals surface area contributed by atoms with Gasteiger partial charge in [0.2, 0.25) is 5.91 Å². The minimum absolute atomic E-state index is 0.0136. The van der Waals surface area contributed by atoms with Gasteiger partial charge in [0.05, 0.1) is 24.5 Å². The Balaban J connectivity index is 2.25. The normalized spacial score (nSPS) is 27.1. The van der Waals surface area contributed by atoms with Crippen molar-refractivity contribution in [2.24, 2.45) is 5.92 Å². The van der Waals surface area contributed by atoms with Gasteiger partial charge < -0.3 is 24.2 Å². The van der Waals surface area contributed by atoms with E-state index in [1.165, 1.54) is 7.11 Å². The predicted molar refractivity (Wildman–Crippen MR) is 87.5 cm³/mol. The van der Waals surface area contributed by atoms with Crippen molar-refractivity contribution in [2.45, 2.75) is 58.3 Å². The second kappa shape index (κ2) is 9.74. The van der Waals surface area contributed by atoms with E-state index in [1.807, 2.05) is 6.92 Å². The van der Waals surface area contributed by atoms with Crippen LogP contribution in [0.4, 0.5) is 0 Å². The first-order valence-electron chi connectivity index (χ1n) is 8.15. The Kier molecular flexibility index (Phi) is 8.72. The Bertz CT molecular complexity index is 417. The number of rotatable bonds is 10. The van der Waals surface area contributed by atoms with Gasteiger partial charge in [-0.15, -0.1) is 0 Å². The average Bonchev–Trinajstić information content (AvgIpc) is 2.83. The quantitative estimate of drug-likeness (QED) is 0.584. The molecule has 4 atom stereocenters. The molecule has 4 unspecified atom stereocenters. The lowest BCUT2D eigenvalue weighted by Crippen LogP contribution is -2.32. The lowest BCUT2D eigenvalue weighted by Gasteiger charge is -2.15. The van der Waals surface area contributed by atoms with Gasteiger partial charge in [0.1, 0.15) is 6.61 Å². The van der Waals surface area contributed by atoms with Crippen molar-refractivity contribution in [1.29, 1.82) is 0 Å². The van der Waals surface area contributed by atoms with Gasteiger partial charge in [-0.25, -0.2) is 0 Å². The van der Waals surface area contributed by atoms with E-state index in [2.05, 4.69) is 23.7 Å². The van der Waals surface area contributed by atoms with Crippen molar-refractivity contribution < 1.29 is 28.3 Å². The highest BCUT2D eigenvalue weighted by Crippen LogP contribution is 2.42. The zero-order valence-electron chi connectivity index (χ0n) is 14.5. The maximum absolute atomic E-state index is 11.7. The molecule has 0 bridgehead atoms. The average molecular weight is 351 g/mol. The highest BCUT2D eigenvalue weighted by molar-refractivity contribution is 7.52. The van der Waals surface area contributed by atoms with E-state index in [0.717, 1.165) is 6.42 Å². The highest BCUT2D eigenvalue weighted by atomic mass is 31.2. The monoisotopic (exact) mass is 351 g/mol. The molecular weight excluding hydrogens is 321 g/mol. The number of carbonyl (C=O) groups excluding carboxylic acids is 1. The van der Waals surface area contributed by atoms with Crippen LogP contribution in [0.5, 0.6) is 0 Å². The molecule has 2 N–H and O–H groups in total. The van der Waals surface area contributed by atoms with E-state index in [4.69, 9.17) is 9.47 Å². The van der Waals surface area contributed by atoms with E-state index in [1.54, 1.807) is 0 Å². The molecule has 1 amide bonds. The predicted octanol–water partition coefficient (Wildman–Crippen LogP) is 1.93. The molecule has 1 aliphatic rings. The van der Waals surface area contributed by atoms with E-state index in [0.29, 0.717) is 25.3 Å². The molecule has 0 aliphatic carbocycles. The lowest BCUT2D eigenvalue weighted by atomic mass is 10.1. The van der Waals surface area contributed by atoms with E-state index < -0.39 is 7.60 Å². The van der Waals surface area contributed by atoms with Gasteiger partial charge in [0.15, 0.2) is 0 Å². The molecule has 0 aromatic rings. The molecule has 0 aromatic carbocycles. The van der Waals surface area contributed by atoms with Crippen LogP contribution in [0, 0.1) is 5.92 Å². The van der Waals surface area contributed by atoms with Crippen molar-refractivity contribution in [1.82, 2.24) is 5.32 Å². The molecule has 8 heteroatoms. The smallest absolute Gasteiger partial charge is 0.327 e. The summed E-state index contributed by atoms with van der Waals surface area (Å²) in [5.74, 6) is 0.426. The number of hydrogen-bond acceptors (Lipinski definition) is 5. The number of carbonyl (C=O) groups is 1. The van der Waals surface area contributed by atoms with E-state index >= 15 is 0 Å². The molecule has 0 radical (unpaired) electrons. The first kappa shape index (κ1) is 20.6. The molecule has 1 fully saturated rings. The van der Waals surface area contributed by atoms with Crippen LogP contribution in [0.25, 0.3) is 0 Å². The zero-order valence-corrected chi connectivity index (χ0v) is 15.4. The maximum Gasteiger partial charge on any atom is 0.327 e. The van der Waals surface area contributed by atoms with Crippen molar-refractivity contribution >= 4 is 13.5 Å². The molecule has 0 saturated carbocycles. The van der Waals surface area contributed by atoms with Crippen molar-refractivity contribution in [3.63, 3.8) is 0 Å². The van der Waals surface area contributed by atoms with Crippen molar-refractivity contribution in [3.05, 3.63) is 0 Å². The van der Waals surface area contributed by atoms with Gasteiger partial charge in [0, 0.05) is 20.1 Å². The molecule has 1 aliphatic heterocycles. The Morgan fingerprint density at radius 2 is 2.17 bits per heavy atom. The molecule has 1 saturated heterocycles. The van der Waals surface area contributed by atoms with Gasteiger partial charge in [-0.05, 0) is 25.7 Å². The van der Waals surface area contributed by atoms with Crippen LogP contribution in [-0.2, 0) is 23.4 Å². The van der Waals surface area contributed by atoms with Crippen LogP contribution in [-0.4, -0.2) is 55.5 Å². The minimum Gasteiger partial charge on any atom is -0.372 e. The van der Waals surface area contributed by atoms with Crippen LogP contribution in [0.3, 0.4) is 0 Å². The largest absolute Gasteiger partial charge is 0.372 e. The molecule has 0 spiro atoms. The van der Waals surface area contributed by atoms with Crippen LogP contribution < -0.4 is 5.32 Å². The van der Waals surface area contributed by atoms with Crippen LogP contribution in [0.2, 0.25) is 0 Å². The Labute approximate surface area is 138 Å². The van der Waals surface area contributed by atoms with Gasteiger partial charge in [-0.2, -0.15) is 0 Å². The summed E-state index contributed by atoms with van der Waals surface area (Å²) in [5.41, 5.74) is 0. The Morgan fingerprint density at radius 3 is 2.78 bits per heavy atom. The summed E-state index contributed by atoms with van der Waals surface area (Å²) >= 11 is 0. The summed E-state index contributed by atoms with van der Waals surface area (Å²) in [4.78, 5) is 21.1. The fraction of sp³-hybridized carbons (Fsp3) is 0.933. The third-order valence-corrected chi connectivity index (χ3v) is 5.31. The summed E-state index contributed by atoms with van der Waals surface area (Å²) in [6, 6.07) is 0. The first-order valence-corrected chi connectivity index (χ1v) is 9.91. The summed E-state index contributed by atoms with van der Waals surface area (Å²) < 4.78 is 27.4. The van der Waals surface area contributed by atoms with Crippen molar-refractivity contribution in [3.8, 4) is 0 Å². The van der Waals surface area contributed by atoms with Gasteiger partial charge in [-0.1, -0.05) is 13.8 Å². The molecule has 1 rings (SSSR count). The number of hydrogen-bond donors (Lipinski definition) is 2. The molecule has 1 heterocycles. The fourth-order valence-electron chi connectivity index (χ4n) is 2.42. The number of ether oxygens (including phenoxy) is 2.